The van der Waals surface area contributed by atoms with Crippen LogP contribution in [0.5, 0.6) is 0 Å². The Morgan fingerprint density at radius 1 is 1.38 bits per heavy atom. The van der Waals surface area contributed by atoms with E-state index in [4.69, 9.17) is 0 Å². The third kappa shape index (κ3) is 1.97. The van der Waals surface area contributed by atoms with Crippen molar-refractivity contribution < 1.29 is 0 Å². The predicted octanol–water partition coefficient (Wildman–Crippen LogP) is 1.95. The summed E-state index contributed by atoms with van der Waals surface area (Å²) in [5, 5.41) is 4.95. The van der Waals surface area contributed by atoms with E-state index < -0.39 is 0 Å². The summed E-state index contributed by atoms with van der Waals surface area (Å²) in [6.07, 6.45) is 8.55. The molecule has 0 bridgehead atoms. The van der Waals surface area contributed by atoms with Crippen LogP contribution in [0.2, 0.25) is 0 Å². The van der Waals surface area contributed by atoms with E-state index in [-0.39, 0.29) is 0 Å². The Labute approximate surface area is 83.2 Å². The van der Waals surface area contributed by atoms with Crippen LogP contribution >= 0.6 is 11.8 Å². The number of fused-ring (bicyclic) bond motifs is 1. The minimum Gasteiger partial charge on any atom is -0.363 e. The second kappa shape index (κ2) is 3.58. The summed E-state index contributed by atoms with van der Waals surface area (Å²) in [5.41, 5.74) is 0. The summed E-state index contributed by atoms with van der Waals surface area (Å²) in [6, 6.07) is 0.829. The van der Waals surface area contributed by atoms with Crippen LogP contribution in [0.4, 0.5) is 0 Å². The van der Waals surface area contributed by atoms with E-state index in [2.05, 4.69) is 48.5 Å². The van der Waals surface area contributed by atoms with Crippen LogP contribution in [0, 0.1) is 0 Å². The normalized spacial score (nSPS) is 30.5. The highest BCUT2D eigenvalue weighted by atomic mass is 32.2. The van der Waals surface area contributed by atoms with E-state index in [1.807, 2.05) is 11.8 Å². The highest BCUT2D eigenvalue weighted by Gasteiger charge is 2.27. The first-order chi connectivity index (χ1) is 6.25. The maximum Gasteiger partial charge on any atom is 0.158 e. The molecule has 0 fully saturated rings. The highest BCUT2D eigenvalue weighted by molar-refractivity contribution is 8.14. The molecule has 1 aliphatic carbocycles. The van der Waals surface area contributed by atoms with Crippen molar-refractivity contribution in [3.05, 3.63) is 24.3 Å². The molecule has 2 atom stereocenters. The standard InChI is InChI=1S/C10H14N2S/c1-7(2)11-10-12-8-5-3-4-6-9(8)13-10/h3-9H,1-2H3,(H,11,12). The lowest BCUT2D eigenvalue weighted by molar-refractivity contribution is 0.735. The first-order valence-electron chi connectivity index (χ1n) is 4.62. The minimum absolute atomic E-state index is 0.358. The van der Waals surface area contributed by atoms with Gasteiger partial charge in [0.05, 0.1) is 11.3 Å². The summed E-state index contributed by atoms with van der Waals surface area (Å²) in [4.78, 5) is 4.58. The third-order valence-electron chi connectivity index (χ3n) is 1.98. The molecule has 0 aromatic rings. The van der Waals surface area contributed by atoms with Crippen LogP contribution in [0.1, 0.15) is 13.8 Å². The Morgan fingerprint density at radius 3 is 2.85 bits per heavy atom. The molecule has 3 heteroatoms. The topological polar surface area (TPSA) is 24.4 Å². The van der Waals surface area contributed by atoms with Gasteiger partial charge in [0.15, 0.2) is 5.17 Å². The molecular weight excluding hydrogens is 180 g/mol. The van der Waals surface area contributed by atoms with Crippen LogP contribution < -0.4 is 5.32 Å². The lowest BCUT2D eigenvalue weighted by Crippen LogP contribution is -2.26. The Kier molecular flexibility index (Phi) is 2.44. The van der Waals surface area contributed by atoms with Gasteiger partial charge in [0.25, 0.3) is 0 Å². The molecular formula is C10H14N2S. The smallest absolute Gasteiger partial charge is 0.158 e. The van der Waals surface area contributed by atoms with Gasteiger partial charge >= 0.3 is 0 Å². The molecule has 0 spiro atoms. The molecule has 1 N–H and O–H groups in total. The molecule has 1 heterocycles. The zero-order valence-corrected chi connectivity index (χ0v) is 8.71. The Balaban J connectivity index is 2.03. The molecule has 0 radical (unpaired) electrons. The Bertz CT molecular complexity index is 279. The first-order valence-corrected chi connectivity index (χ1v) is 5.49. The molecule has 2 rings (SSSR count). The molecule has 0 saturated carbocycles. The largest absolute Gasteiger partial charge is 0.363 e. The van der Waals surface area contributed by atoms with E-state index in [1.54, 1.807) is 0 Å². The molecule has 2 aliphatic rings. The van der Waals surface area contributed by atoms with Crippen molar-refractivity contribution in [2.45, 2.75) is 31.2 Å². The number of allylic oxidation sites excluding steroid dienone is 2. The molecule has 70 valence electrons. The molecule has 0 aromatic heterocycles. The van der Waals surface area contributed by atoms with Gasteiger partial charge in [0, 0.05) is 6.04 Å². The zero-order chi connectivity index (χ0) is 9.26. The van der Waals surface area contributed by atoms with E-state index >= 15 is 0 Å². The SMILES string of the molecule is CC(C)NC1=NC2C=CC=CC2S1. The van der Waals surface area contributed by atoms with Gasteiger partial charge in [0.1, 0.15) is 0 Å². The number of hydrogen-bond donors (Lipinski definition) is 1. The quantitative estimate of drug-likeness (QED) is 0.690. The van der Waals surface area contributed by atoms with Gasteiger partial charge in [-0.3, -0.25) is 4.99 Å². The van der Waals surface area contributed by atoms with Gasteiger partial charge in [-0.25, -0.2) is 0 Å². The van der Waals surface area contributed by atoms with Gasteiger partial charge < -0.3 is 5.32 Å². The van der Waals surface area contributed by atoms with Crippen LogP contribution in [-0.2, 0) is 0 Å². The number of aliphatic imine (C=N–C) groups is 1. The van der Waals surface area contributed by atoms with E-state index in [0.29, 0.717) is 17.3 Å². The summed E-state index contributed by atoms with van der Waals surface area (Å²) in [7, 11) is 0. The van der Waals surface area contributed by atoms with Crippen LogP contribution in [0.25, 0.3) is 0 Å². The maximum absolute atomic E-state index is 4.58. The number of rotatable bonds is 1. The molecule has 0 amide bonds. The molecule has 0 aromatic carbocycles. The molecule has 2 nitrogen and oxygen atoms in total. The number of hydrogen-bond acceptors (Lipinski definition) is 3. The Morgan fingerprint density at radius 2 is 2.15 bits per heavy atom. The van der Waals surface area contributed by atoms with Crippen molar-refractivity contribution in [1.82, 2.24) is 5.32 Å². The minimum atomic E-state index is 0.358. The molecule has 0 saturated heterocycles. The average molecular weight is 194 g/mol. The van der Waals surface area contributed by atoms with Gasteiger partial charge in [-0.05, 0) is 13.8 Å². The Hall–Kier alpha value is -0.700. The molecule has 2 unspecified atom stereocenters. The summed E-state index contributed by atoms with van der Waals surface area (Å²) >= 11 is 1.82. The van der Waals surface area contributed by atoms with Crippen molar-refractivity contribution in [3.8, 4) is 0 Å². The summed E-state index contributed by atoms with van der Waals surface area (Å²) in [6.45, 7) is 4.27. The average Bonchev–Trinajstić information content (AvgIpc) is 2.44. The van der Waals surface area contributed by atoms with Gasteiger partial charge in [-0.2, -0.15) is 0 Å². The number of amidine groups is 1. The van der Waals surface area contributed by atoms with Crippen molar-refractivity contribution in [2.24, 2.45) is 4.99 Å². The predicted molar refractivity (Wildman–Crippen MR) is 59.2 cm³/mol. The van der Waals surface area contributed by atoms with E-state index in [0.717, 1.165) is 5.17 Å². The monoisotopic (exact) mass is 194 g/mol. The fourth-order valence-corrected chi connectivity index (χ4v) is 2.62. The lowest BCUT2D eigenvalue weighted by atomic mass is 10.1. The van der Waals surface area contributed by atoms with Gasteiger partial charge in [-0.15, -0.1) is 0 Å². The fourth-order valence-electron chi connectivity index (χ4n) is 1.41. The maximum atomic E-state index is 4.58. The third-order valence-corrected chi connectivity index (χ3v) is 3.14. The van der Waals surface area contributed by atoms with E-state index in [9.17, 15) is 0 Å². The van der Waals surface area contributed by atoms with Crippen molar-refractivity contribution in [2.75, 3.05) is 0 Å². The summed E-state index contributed by atoms with van der Waals surface area (Å²) in [5.74, 6) is 0. The number of nitrogens with one attached hydrogen (secondary N) is 1. The fraction of sp³-hybridized carbons (Fsp3) is 0.500. The highest BCUT2D eigenvalue weighted by Crippen LogP contribution is 2.29. The number of nitrogens with zero attached hydrogens (tertiary/aromatic N) is 1. The molecule has 13 heavy (non-hydrogen) atoms. The van der Waals surface area contributed by atoms with E-state index in [1.165, 1.54) is 0 Å². The lowest BCUT2D eigenvalue weighted by Gasteiger charge is -2.11. The van der Waals surface area contributed by atoms with Crippen molar-refractivity contribution >= 4 is 16.9 Å². The van der Waals surface area contributed by atoms with Crippen molar-refractivity contribution in [1.29, 1.82) is 0 Å². The zero-order valence-electron chi connectivity index (χ0n) is 7.90. The second-order valence-corrected chi connectivity index (χ2v) is 4.74. The molecule has 1 aliphatic heterocycles. The van der Waals surface area contributed by atoms with Gasteiger partial charge in [0.2, 0.25) is 0 Å². The van der Waals surface area contributed by atoms with Gasteiger partial charge in [-0.1, -0.05) is 36.1 Å². The van der Waals surface area contributed by atoms with Crippen LogP contribution in [-0.4, -0.2) is 22.5 Å². The summed E-state index contributed by atoms with van der Waals surface area (Å²) < 4.78 is 0. The van der Waals surface area contributed by atoms with Crippen molar-refractivity contribution in [3.63, 3.8) is 0 Å². The van der Waals surface area contributed by atoms with Crippen LogP contribution in [0.15, 0.2) is 29.3 Å². The van der Waals surface area contributed by atoms with Crippen LogP contribution in [0.3, 0.4) is 0 Å². The first kappa shape index (κ1) is 8.88. The second-order valence-electron chi connectivity index (χ2n) is 3.58. The number of thioether (sulfide) groups is 1.